The molecule has 21 heavy (non-hydrogen) atoms. The molecule has 2 atom stereocenters. The van der Waals surface area contributed by atoms with Crippen molar-refractivity contribution in [2.24, 2.45) is 0 Å². The molecule has 2 unspecified atom stereocenters. The molecule has 2 fully saturated rings. The zero-order chi connectivity index (χ0) is 15.0. The molecule has 3 nitrogen and oxygen atoms in total. The third-order valence-electron chi connectivity index (χ3n) is 5.48. The molecule has 2 aliphatic rings. The number of hydrogen-bond acceptors (Lipinski definition) is 3. The van der Waals surface area contributed by atoms with Crippen molar-refractivity contribution in [2.75, 3.05) is 20.3 Å². The van der Waals surface area contributed by atoms with E-state index in [4.69, 9.17) is 9.47 Å². The Bertz CT molecular complexity index is 268. The van der Waals surface area contributed by atoms with Gasteiger partial charge in [-0.1, -0.05) is 32.6 Å². The highest BCUT2D eigenvalue weighted by atomic mass is 16.5. The van der Waals surface area contributed by atoms with Crippen molar-refractivity contribution in [1.82, 2.24) is 5.32 Å². The fraction of sp³-hybridized carbons (Fsp3) is 1.00. The molecule has 1 heterocycles. The van der Waals surface area contributed by atoms with Crippen molar-refractivity contribution >= 4 is 0 Å². The molecule has 1 N–H and O–H groups in total. The first-order valence-electron chi connectivity index (χ1n) is 9.21. The van der Waals surface area contributed by atoms with Gasteiger partial charge in [0.25, 0.3) is 0 Å². The Hall–Kier alpha value is -0.120. The van der Waals surface area contributed by atoms with E-state index in [1.807, 2.05) is 7.11 Å². The molecule has 0 spiro atoms. The van der Waals surface area contributed by atoms with Gasteiger partial charge < -0.3 is 14.8 Å². The molecule has 0 amide bonds. The fourth-order valence-corrected chi connectivity index (χ4v) is 4.24. The van der Waals surface area contributed by atoms with Crippen molar-refractivity contribution in [3.8, 4) is 0 Å². The summed E-state index contributed by atoms with van der Waals surface area (Å²) < 4.78 is 11.9. The quantitative estimate of drug-likeness (QED) is 0.686. The van der Waals surface area contributed by atoms with E-state index >= 15 is 0 Å². The maximum atomic E-state index is 6.10. The molecule has 0 aromatic heterocycles. The van der Waals surface area contributed by atoms with Gasteiger partial charge in [0, 0.05) is 19.8 Å². The third-order valence-corrected chi connectivity index (χ3v) is 5.48. The molecular weight excluding hydrogens is 262 g/mol. The lowest BCUT2D eigenvalue weighted by atomic mass is 9.83. The van der Waals surface area contributed by atoms with Crippen molar-refractivity contribution in [1.29, 1.82) is 0 Å². The van der Waals surface area contributed by atoms with Gasteiger partial charge in [-0.3, -0.25) is 0 Å². The molecule has 0 aromatic carbocycles. The van der Waals surface area contributed by atoms with E-state index in [-0.39, 0.29) is 5.60 Å². The van der Waals surface area contributed by atoms with Crippen LogP contribution in [0.1, 0.15) is 77.6 Å². The molecule has 2 rings (SSSR count). The molecule has 0 bridgehead atoms. The number of ether oxygens (including phenoxy) is 2. The van der Waals surface area contributed by atoms with Crippen LogP contribution in [0.5, 0.6) is 0 Å². The van der Waals surface area contributed by atoms with Gasteiger partial charge >= 0.3 is 0 Å². The van der Waals surface area contributed by atoms with E-state index in [0.29, 0.717) is 12.1 Å². The van der Waals surface area contributed by atoms with Crippen LogP contribution in [0.3, 0.4) is 0 Å². The predicted molar refractivity (Wildman–Crippen MR) is 87.7 cm³/mol. The number of nitrogens with one attached hydrogen (secondary N) is 1. The van der Waals surface area contributed by atoms with Crippen molar-refractivity contribution in [2.45, 2.75) is 95.3 Å². The number of likely N-dealkylation sites (N-methyl/N-ethyl adjacent to an activating group) is 1. The van der Waals surface area contributed by atoms with E-state index < -0.39 is 0 Å². The lowest BCUT2D eigenvalue weighted by Crippen LogP contribution is -2.52. The minimum atomic E-state index is 0.0725. The Kier molecular flexibility index (Phi) is 7.48. The highest BCUT2D eigenvalue weighted by molar-refractivity contribution is 4.94. The zero-order valence-corrected chi connectivity index (χ0v) is 14.2. The van der Waals surface area contributed by atoms with Crippen LogP contribution in [-0.4, -0.2) is 38.0 Å². The standard InChI is InChI=1S/C18H35NO2/c1-3-19-17(12-8-10-16-11-9-15-21-16)18(20-2)13-6-4-5-7-14-18/h16-17,19H,3-15H2,1-2H3. The molecule has 1 aliphatic carbocycles. The fourth-order valence-electron chi connectivity index (χ4n) is 4.24. The maximum Gasteiger partial charge on any atom is 0.0830 e. The van der Waals surface area contributed by atoms with Crippen LogP contribution in [-0.2, 0) is 9.47 Å². The average molecular weight is 297 g/mol. The van der Waals surface area contributed by atoms with Gasteiger partial charge in [0.2, 0.25) is 0 Å². The Morgan fingerprint density at radius 3 is 2.52 bits per heavy atom. The van der Waals surface area contributed by atoms with Crippen LogP contribution in [0.15, 0.2) is 0 Å². The summed E-state index contributed by atoms with van der Waals surface area (Å²) >= 11 is 0. The largest absolute Gasteiger partial charge is 0.378 e. The second-order valence-corrected chi connectivity index (χ2v) is 6.86. The van der Waals surface area contributed by atoms with Gasteiger partial charge in [-0.05, 0) is 51.5 Å². The van der Waals surface area contributed by atoms with Crippen molar-refractivity contribution in [3.63, 3.8) is 0 Å². The zero-order valence-electron chi connectivity index (χ0n) is 14.2. The van der Waals surface area contributed by atoms with E-state index in [1.54, 1.807) is 0 Å². The van der Waals surface area contributed by atoms with Crippen LogP contribution in [0.2, 0.25) is 0 Å². The van der Waals surface area contributed by atoms with Crippen LogP contribution in [0.25, 0.3) is 0 Å². The molecule has 0 aromatic rings. The van der Waals surface area contributed by atoms with E-state index in [1.165, 1.54) is 70.6 Å². The second kappa shape index (κ2) is 9.12. The van der Waals surface area contributed by atoms with Gasteiger partial charge in [0.15, 0.2) is 0 Å². The van der Waals surface area contributed by atoms with E-state index in [9.17, 15) is 0 Å². The number of rotatable bonds is 8. The Morgan fingerprint density at radius 1 is 1.19 bits per heavy atom. The monoisotopic (exact) mass is 297 g/mol. The summed E-state index contributed by atoms with van der Waals surface area (Å²) in [6.07, 6.45) is 14.6. The van der Waals surface area contributed by atoms with E-state index in [0.717, 1.165) is 13.2 Å². The topological polar surface area (TPSA) is 30.5 Å². The maximum absolute atomic E-state index is 6.10. The minimum absolute atomic E-state index is 0.0725. The third kappa shape index (κ3) is 4.94. The van der Waals surface area contributed by atoms with Crippen molar-refractivity contribution < 1.29 is 9.47 Å². The highest BCUT2D eigenvalue weighted by Crippen LogP contribution is 2.35. The van der Waals surface area contributed by atoms with Crippen LogP contribution >= 0.6 is 0 Å². The summed E-state index contributed by atoms with van der Waals surface area (Å²) in [5.74, 6) is 0. The number of methoxy groups -OCH3 is 1. The molecular formula is C18H35NO2. The molecule has 0 radical (unpaired) electrons. The Labute approximate surface area is 131 Å². The molecule has 3 heteroatoms. The van der Waals surface area contributed by atoms with Crippen LogP contribution in [0.4, 0.5) is 0 Å². The van der Waals surface area contributed by atoms with Crippen LogP contribution in [0, 0.1) is 0 Å². The van der Waals surface area contributed by atoms with Gasteiger partial charge in [0.05, 0.1) is 11.7 Å². The molecule has 1 saturated carbocycles. The lowest BCUT2D eigenvalue weighted by Gasteiger charge is -2.40. The summed E-state index contributed by atoms with van der Waals surface area (Å²) in [7, 11) is 1.93. The summed E-state index contributed by atoms with van der Waals surface area (Å²) in [6, 6.07) is 0.506. The predicted octanol–water partition coefficient (Wildman–Crippen LogP) is 4.05. The van der Waals surface area contributed by atoms with Gasteiger partial charge in [-0.15, -0.1) is 0 Å². The second-order valence-electron chi connectivity index (χ2n) is 6.86. The van der Waals surface area contributed by atoms with Gasteiger partial charge in [-0.2, -0.15) is 0 Å². The Balaban J connectivity index is 1.87. The summed E-state index contributed by atoms with van der Waals surface area (Å²) in [5.41, 5.74) is 0.0725. The summed E-state index contributed by atoms with van der Waals surface area (Å²) in [5, 5.41) is 3.73. The number of hydrogen-bond donors (Lipinski definition) is 1. The Morgan fingerprint density at radius 2 is 1.95 bits per heavy atom. The minimum Gasteiger partial charge on any atom is -0.378 e. The highest BCUT2D eigenvalue weighted by Gasteiger charge is 2.38. The normalized spacial score (nSPS) is 27.4. The van der Waals surface area contributed by atoms with Crippen molar-refractivity contribution in [3.05, 3.63) is 0 Å². The first kappa shape index (κ1) is 17.2. The summed E-state index contributed by atoms with van der Waals surface area (Å²) in [6.45, 7) is 4.23. The molecule has 1 aliphatic heterocycles. The average Bonchev–Trinajstić information content (AvgIpc) is 2.90. The van der Waals surface area contributed by atoms with E-state index in [2.05, 4.69) is 12.2 Å². The van der Waals surface area contributed by atoms with Gasteiger partial charge in [0.1, 0.15) is 0 Å². The van der Waals surface area contributed by atoms with Gasteiger partial charge in [-0.25, -0.2) is 0 Å². The lowest BCUT2D eigenvalue weighted by molar-refractivity contribution is -0.0555. The smallest absolute Gasteiger partial charge is 0.0830 e. The molecule has 1 saturated heterocycles. The first-order chi connectivity index (χ1) is 10.3. The SMILES string of the molecule is CCNC(CCCC1CCCO1)C1(OC)CCCCCC1. The first-order valence-corrected chi connectivity index (χ1v) is 9.21. The summed E-state index contributed by atoms with van der Waals surface area (Å²) in [4.78, 5) is 0. The molecule has 124 valence electrons. The van der Waals surface area contributed by atoms with Crippen LogP contribution < -0.4 is 5.32 Å².